The maximum absolute atomic E-state index is 12.2. The van der Waals surface area contributed by atoms with E-state index in [-0.39, 0.29) is 12.6 Å². The Hall–Kier alpha value is -0.430. The van der Waals surface area contributed by atoms with Gasteiger partial charge in [0, 0.05) is 10.9 Å². The van der Waals surface area contributed by atoms with Gasteiger partial charge in [0.25, 0.3) is 0 Å². The fourth-order valence-electron chi connectivity index (χ4n) is 2.26. The lowest BCUT2D eigenvalue weighted by atomic mass is 10.1. The summed E-state index contributed by atoms with van der Waals surface area (Å²) in [6, 6.07) is 3.29. The number of sulfonamides is 1. The predicted molar refractivity (Wildman–Crippen MR) is 72.1 cm³/mol. The minimum absolute atomic E-state index is 0.0668. The van der Waals surface area contributed by atoms with Gasteiger partial charge in [-0.2, -0.15) is 0 Å². The second kappa shape index (κ2) is 6.14. The van der Waals surface area contributed by atoms with E-state index in [1.54, 1.807) is 12.1 Å². The first-order valence-corrected chi connectivity index (χ1v) is 8.64. The van der Waals surface area contributed by atoms with Crippen LogP contribution in [0.3, 0.4) is 0 Å². The summed E-state index contributed by atoms with van der Waals surface area (Å²) in [6.45, 7) is -0.108. The number of rotatable bonds is 4. The fraction of sp³-hybridized carbons (Fsp3) is 0.667. The van der Waals surface area contributed by atoms with E-state index in [1.807, 2.05) is 0 Å². The first-order chi connectivity index (χ1) is 8.62. The third-order valence-electron chi connectivity index (χ3n) is 3.23. The van der Waals surface area contributed by atoms with Crippen LogP contribution >= 0.6 is 11.3 Å². The lowest BCUT2D eigenvalue weighted by molar-refractivity contribution is 0.285. The summed E-state index contributed by atoms with van der Waals surface area (Å²) < 4.78 is 27.4. The van der Waals surface area contributed by atoms with Crippen LogP contribution in [0.2, 0.25) is 0 Å². The second-order valence-corrected chi connectivity index (χ2v) is 7.80. The van der Waals surface area contributed by atoms with Crippen molar-refractivity contribution in [2.24, 2.45) is 0 Å². The highest BCUT2D eigenvalue weighted by Crippen LogP contribution is 2.24. The van der Waals surface area contributed by atoms with Crippen LogP contribution in [-0.2, 0) is 16.6 Å². The van der Waals surface area contributed by atoms with Crippen LogP contribution in [0.15, 0.2) is 16.3 Å². The normalized spacial score (nSPS) is 18.7. The van der Waals surface area contributed by atoms with Crippen molar-refractivity contribution in [1.29, 1.82) is 0 Å². The molecule has 0 amide bonds. The monoisotopic (exact) mass is 289 g/mol. The average molecular weight is 289 g/mol. The van der Waals surface area contributed by atoms with Crippen LogP contribution in [0.5, 0.6) is 0 Å². The lowest BCUT2D eigenvalue weighted by Crippen LogP contribution is -2.33. The van der Waals surface area contributed by atoms with Gasteiger partial charge >= 0.3 is 0 Å². The first-order valence-electron chi connectivity index (χ1n) is 6.34. The van der Waals surface area contributed by atoms with Crippen LogP contribution in [0.4, 0.5) is 0 Å². The Kier molecular flexibility index (Phi) is 4.77. The van der Waals surface area contributed by atoms with Crippen molar-refractivity contribution in [2.45, 2.75) is 55.4 Å². The molecule has 1 heterocycles. The Morgan fingerprint density at radius 3 is 2.44 bits per heavy atom. The van der Waals surface area contributed by atoms with Crippen molar-refractivity contribution >= 4 is 21.4 Å². The van der Waals surface area contributed by atoms with Gasteiger partial charge in [-0.1, -0.05) is 25.7 Å². The summed E-state index contributed by atoms with van der Waals surface area (Å²) in [7, 11) is -3.41. The molecule has 6 heteroatoms. The standard InChI is InChI=1S/C12H19NO3S2/c14-9-11-7-8-12(17-11)18(15,16)13-10-5-3-1-2-4-6-10/h7-8,10,13-14H,1-6,9H2. The zero-order chi connectivity index (χ0) is 13.0. The Morgan fingerprint density at radius 1 is 1.22 bits per heavy atom. The molecule has 102 valence electrons. The minimum Gasteiger partial charge on any atom is -0.391 e. The lowest BCUT2D eigenvalue weighted by Gasteiger charge is -2.15. The summed E-state index contributed by atoms with van der Waals surface area (Å²) in [5, 5.41) is 8.97. The van der Waals surface area contributed by atoms with Crippen LogP contribution < -0.4 is 4.72 Å². The van der Waals surface area contributed by atoms with E-state index in [1.165, 1.54) is 12.8 Å². The van der Waals surface area contributed by atoms with E-state index in [2.05, 4.69) is 4.72 Å². The number of hydrogen-bond donors (Lipinski definition) is 2. The van der Waals surface area contributed by atoms with Gasteiger partial charge in [-0.15, -0.1) is 11.3 Å². The summed E-state index contributed by atoms with van der Waals surface area (Å²) in [5.74, 6) is 0. The molecule has 1 fully saturated rings. The molecule has 0 aliphatic heterocycles. The Morgan fingerprint density at radius 2 is 1.89 bits per heavy atom. The number of hydrogen-bond acceptors (Lipinski definition) is 4. The molecule has 0 spiro atoms. The van der Waals surface area contributed by atoms with Crippen molar-refractivity contribution in [2.75, 3.05) is 0 Å². The smallest absolute Gasteiger partial charge is 0.250 e. The topological polar surface area (TPSA) is 66.4 Å². The quantitative estimate of drug-likeness (QED) is 0.835. The summed E-state index contributed by atoms with van der Waals surface area (Å²) in [5.41, 5.74) is 0. The van der Waals surface area contributed by atoms with Gasteiger partial charge in [0.05, 0.1) is 6.61 Å². The molecule has 0 bridgehead atoms. The van der Waals surface area contributed by atoms with Crippen molar-refractivity contribution < 1.29 is 13.5 Å². The molecule has 4 nitrogen and oxygen atoms in total. The third kappa shape index (κ3) is 3.54. The molecule has 1 aliphatic carbocycles. The molecule has 2 N–H and O–H groups in total. The van der Waals surface area contributed by atoms with E-state index in [0.29, 0.717) is 9.09 Å². The largest absolute Gasteiger partial charge is 0.391 e. The van der Waals surface area contributed by atoms with Gasteiger partial charge in [-0.05, 0) is 25.0 Å². The highest BCUT2D eigenvalue weighted by atomic mass is 32.2. The van der Waals surface area contributed by atoms with Gasteiger partial charge < -0.3 is 5.11 Å². The SMILES string of the molecule is O=S(=O)(NC1CCCCCC1)c1ccc(CO)s1. The zero-order valence-corrected chi connectivity index (χ0v) is 11.9. The van der Waals surface area contributed by atoms with Crippen molar-refractivity contribution in [3.8, 4) is 0 Å². The Bertz CT molecular complexity index is 473. The van der Waals surface area contributed by atoms with Crippen LogP contribution in [-0.4, -0.2) is 19.6 Å². The van der Waals surface area contributed by atoms with Crippen molar-refractivity contribution in [1.82, 2.24) is 4.72 Å². The average Bonchev–Trinajstić information content (AvgIpc) is 2.70. The molecule has 18 heavy (non-hydrogen) atoms. The Labute approximate surface area is 112 Å². The predicted octanol–water partition coefficient (Wildman–Crippen LogP) is 2.24. The molecule has 0 radical (unpaired) electrons. The second-order valence-electron chi connectivity index (χ2n) is 4.69. The van der Waals surface area contributed by atoms with E-state index in [9.17, 15) is 8.42 Å². The molecule has 1 aromatic heterocycles. The molecule has 0 atom stereocenters. The molecule has 1 aromatic rings. The molecule has 0 saturated heterocycles. The van der Waals surface area contributed by atoms with Crippen molar-refractivity contribution in [3.63, 3.8) is 0 Å². The molecule has 0 aromatic carbocycles. The maximum atomic E-state index is 12.2. The molecular formula is C12H19NO3S2. The first kappa shape index (κ1) is 14.0. The Balaban J connectivity index is 2.06. The number of aliphatic hydroxyl groups excluding tert-OH is 1. The number of thiophene rings is 1. The summed E-state index contributed by atoms with van der Waals surface area (Å²) in [4.78, 5) is 0.677. The third-order valence-corrected chi connectivity index (χ3v) is 6.32. The number of aliphatic hydroxyl groups is 1. The minimum atomic E-state index is -3.41. The van der Waals surface area contributed by atoms with Gasteiger partial charge in [0.1, 0.15) is 4.21 Å². The van der Waals surface area contributed by atoms with Gasteiger partial charge in [0.15, 0.2) is 0 Å². The van der Waals surface area contributed by atoms with Crippen LogP contribution in [0.25, 0.3) is 0 Å². The van der Waals surface area contributed by atoms with E-state index in [0.717, 1.165) is 37.0 Å². The zero-order valence-electron chi connectivity index (χ0n) is 10.3. The molecule has 0 unspecified atom stereocenters. The van der Waals surface area contributed by atoms with Gasteiger partial charge in [-0.3, -0.25) is 0 Å². The van der Waals surface area contributed by atoms with E-state index < -0.39 is 10.0 Å². The van der Waals surface area contributed by atoms with Crippen molar-refractivity contribution in [3.05, 3.63) is 17.0 Å². The molecular weight excluding hydrogens is 270 g/mol. The van der Waals surface area contributed by atoms with Crippen LogP contribution in [0.1, 0.15) is 43.4 Å². The fourth-order valence-corrected chi connectivity index (χ4v) is 4.80. The van der Waals surface area contributed by atoms with Crippen LogP contribution in [0, 0.1) is 0 Å². The molecule has 1 saturated carbocycles. The highest BCUT2D eigenvalue weighted by Gasteiger charge is 2.22. The number of nitrogens with one attached hydrogen (secondary N) is 1. The van der Waals surface area contributed by atoms with Gasteiger partial charge in [-0.25, -0.2) is 13.1 Å². The van der Waals surface area contributed by atoms with E-state index >= 15 is 0 Å². The summed E-state index contributed by atoms with van der Waals surface area (Å²) in [6.07, 6.45) is 6.45. The van der Waals surface area contributed by atoms with E-state index in [4.69, 9.17) is 5.11 Å². The summed E-state index contributed by atoms with van der Waals surface area (Å²) >= 11 is 1.13. The molecule has 1 aliphatic rings. The molecule has 2 rings (SSSR count). The maximum Gasteiger partial charge on any atom is 0.250 e. The highest BCUT2D eigenvalue weighted by molar-refractivity contribution is 7.91. The van der Waals surface area contributed by atoms with Gasteiger partial charge in [0.2, 0.25) is 10.0 Å².